The van der Waals surface area contributed by atoms with Crippen molar-refractivity contribution in [2.45, 2.75) is 18.4 Å². The van der Waals surface area contributed by atoms with Gasteiger partial charge in [-0.15, -0.1) is 0 Å². The van der Waals surface area contributed by atoms with Crippen LogP contribution in [0.1, 0.15) is 21.6 Å². The number of nitrogens with zero attached hydrogens (tertiary/aromatic N) is 3. The minimum Gasteiger partial charge on any atom is -0.545 e. The number of anilines is 1. The van der Waals surface area contributed by atoms with Gasteiger partial charge in [0, 0.05) is 45.8 Å². The predicted octanol–water partition coefficient (Wildman–Crippen LogP) is 1.45. The Labute approximate surface area is 241 Å². The monoisotopic (exact) mass is 541 g/mol. The number of carboxylic acid groups (broad SMARTS) is 1. The number of carbonyl (C=O) groups excluding carboxylic acids is 1. The van der Waals surface area contributed by atoms with E-state index < -0.39 is 16.0 Å². The summed E-state index contributed by atoms with van der Waals surface area (Å²) in [6, 6.07) is 20.0. The maximum Gasteiger partial charge on any atom is 1.00 e. The minimum atomic E-state index is -4.13. The Bertz CT molecular complexity index is 1750. The number of rotatable bonds is 6. The summed E-state index contributed by atoms with van der Waals surface area (Å²) in [6.07, 6.45) is 1.65. The van der Waals surface area contributed by atoms with Crippen LogP contribution in [0, 0.1) is 6.92 Å². The summed E-state index contributed by atoms with van der Waals surface area (Å²) in [6.45, 7) is 1.84. The van der Waals surface area contributed by atoms with E-state index in [4.69, 9.17) is 11.6 Å². The van der Waals surface area contributed by atoms with Gasteiger partial charge >= 0.3 is 29.6 Å². The number of hydrogen-bond acceptors (Lipinski definition) is 5. The van der Waals surface area contributed by atoms with E-state index in [1.165, 1.54) is 28.6 Å². The van der Waals surface area contributed by atoms with Gasteiger partial charge < -0.3 is 14.5 Å². The molecule has 7 nitrogen and oxygen atoms in total. The van der Waals surface area contributed by atoms with Crippen molar-refractivity contribution in [3.63, 3.8) is 0 Å². The summed E-state index contributed by atoms with van der Waals surface area (Å²) in [5.41, 5.74) is 2.21. The Morgan fingerprint density at radius 1 is 1.03 bits per heavy atom. The number of pyridine rings is 1. The molecule has 0 N–H and O–H groups in total. The van der Waals surface area contributed by atoms with Gasteiger partial charge in [-0.05, 0) is 48.2 Å². The molecule has 182 valence electrons. The molecule has 5 rings (SSSR count). The molecule has 0 aliphatic carbocycles. The fraction of sp³-hybridized carbons (Fsp3) is 0.111. The van der Waals surface area contributed by atoms with Crippen LogP contribution in [0.25, 0.3) is 21.7 Å². The molecule has 2 aromatic heterocycles. The zero-order valence-electron chi connectivity index (χ0n) is 20.5. The van der Waals surface area contributed by atoms with Crippen molar-refractivity contribution < 1.29 is 47.9 Å². The number of carboxylic acids is 1. The summed E-state index contributed by atoms with van der Waals surface area (Å²) in [7, 11) is -2.27. The summed E-state index contributed by atoms with van der Waals surface area (Å²) >= 11 is 6.19. The minimum absolute atomic E-state index is 0. The van der Waals surface area contributed by atoms with E-state index in [9.17, 15) is 18.3 Å². The molecular weight excluding hydrogens is 521 g/mol. The number of aryl methyl sites for hydroxylation is 2. The fourth-order valence-electron chi connectivity index (χ4n) is 4.37. The van der Waals surface area contributed by atoms with Gasteiger partial charge in [-0.1, -0.05) is 54.1 Å². The average molecular weight is 542 g/mol. The van der Waals surface area contributed by atoms with Crippen LogP contribution >= 0.6 is 11.6 Å². The molecule has 0 unspecified atom stereocenters. The van der Waals surface area contributed by atoms with Crippen LogP contribution in [0.15, 0.2) is 83.9 Å². The topological polar surface area (TPSA) is 95.3 Å². The van der Waals surface area contributed by atoms with Gasteiger partial charge in [0.05, 0.1) is 17.4 Å². The van der Waals surface area contributed by atoms with Gasteiger partial charge in [0.15, 0.2) is 0 Å². The third-order valence-electron chi connectivity index (χ3n) is 6.35. The molecule has 3 aromatic carbocycles. The van der Waals surface area contributed by atoms with Crippen LogP contribution in [-0.2, 0) is 23.6 Å². The molecule has 0 aliphatic rings. The Kier molecular flexibility index (Phi) is 7.69. The van der Waals surface area contributed by atoms with Crippen molar-refractivity contribution in [3.05, 3.63) is 101 Å². The number of halogens is 1. The number of aromatic carboxylic acids is 1. The molecule has 0 aliphatic heterocycles. The standard InChI is InChI=1S/C27H22ClN3O4S.Na/c1-17-24-6-4-3-5-20(24)15-29-26(17)31(36(34,35)23-11-8-18(9-12-23)27(32)33)16-22-13-19-7-10-21(28)14-25(19)30(22)2;/h3-15H,16H2,1-2H3,(H,32,33);/q;+1/p-1. The van der Waals surface area contributed by atoms with Crippen molar-refractivity contribution >= 4 is 55.1 Å². The predicted molar refractivity (Wildman–Crippen MR) is 139 cm³/mol. The maximum atomic E-state index is 14.0. The summed E-state index contributed by atoms with van der Waals surface area (Å²) in [5, 5.41) is 14.5. The van der Waals surface area contributed by atoms with Gasteiger partial charge in [-0.2, -0.15) is 0 Å². The van der Waals surface area contributed by atoms with E-state index in [2.05, 4.69) is 4.98 Å². The van der Waals surface area contributed by atoms with Crippen molar-refractivity contribution in [2.24, 2.45) is 7.05 Å². The number of aromatic nitrogens is 2. The normalized spacial score (nSPS) is 11.4. The molecule has 0 radical (unpaired) electrons. The summed E-state index contributed by atoms with van der Waals surface area (Å²) in [4.78, 5) is 15.7. The Morgan fingerprint density at radius 3 is 2.43 bits per heavy atom. The molecule has 0 saturated carbocycles. The maximum absolute atomic E-state index is 14.0. The van der Waals surface area contributed by atoms with E-state index in [-0.39, 0.29) is 46.6 Å². The van der Waals surface area contributed by atoms with Gasteiger partial charge in [0.1, 0.15) is 5.82 Å². The van der Waals surface area contributed by atoms with Gasteiger partial charge in [0.2, 0.25) is 0 Å². The second kappa shape index (κ2) is 10.5. The average Bonchev–Trinajstić information content (AvgIpc) is 3.17. The van der Waals surface area contributed by atoms with Crippen LogP contribution in [0.2, 0.25) is 5.02 Å². The zero-order valence-corrected chi connectivity index (χ0v) is 24.0. The molecule has 0 saturated heterocycles. The van der Waals surface area contributed by atoms with Crippen molar-refractivity contribution in [1.82, 2.24) is 9.55 Å². The molecule has 0 fully saturated rings. The zero-order chi connectivity index (χ0) is 25.6. The Hall–Kier alpha value is -2.88. The first kappa shape index (κ1) is 27.2. The molecule has 0 bridgehead atoms. The molecule has 5 aromatic rings. The number of hydrogen-bond donors (Lipinski definition) is 0. The van der Waals surface area contributed by atoms with Crippen LogP contribution < -0.4 is 39.0 Å². The van der Waals surface area contributed by atoms with Gasteiger partial charge in [0.25, 0.3) is 10.0 Å². The SMILES string of the molecule is Cc1c(N(Cc2cc3ccc(Cl)cc3n2C)S(=O)(=O)c2ccc(C(=O)[O-])cc2)ncc2ccccc12.[Na+]. The second-order valence-corrected chi connectivity index (χ2v) is 10.8. The Balaban J connectivity index is 0.00000320. The number of sulfonamides is 1. The first-order valence-corrected chi connectivity index (χ1v) is 12.9. The van der Waals surface area contributed by atoms with E-state index in [1.54, 1.807) is 12.3 Å². The van der Waals surface area contributed by atoms with Gasteiger partial charge in [-0.25, -0.2) is 17.7 Å². The molecule has 0 atom stereocenters. The molecule has 0 amide bonds. The largest absolute Gasteiger partial charge is 1.00 e. The fourth-order valence-corrected chi connectivity index (χ4v) is 5.99. The first-order chi connectivity index (χ1) is 17.2. The third kappa shape index (κ3) is 5.00. The first-order valence-electron chi connectivity index (χ1n) is 11.1. The van der Waals surface area contributed by atoms with Gasteiger partial charge in [-0.3, -0.25) is 0 Å². The Morgan fingerprint density at radius 2 is 1.73 bits per heavy atom. The number of carbonyl (C=O) groups is 1. The van der Waals surface area contributed by atoms with Crippen LogP contribution in [-0.4, -0.2) is 23.9 Å². The second-order valence-electron chi connectivity index (χ2n) is 8.52. The third-order valence-corrected chi connectivity index (χ3v) is 8.34. The van der Waals surface area contributed by atoms with E-state index in [1.807, 2.05) is 61.0 Å². The van der Waals surface area contributed by atoms with Crippen molar-refractivity contribution in [1.29, 1.82) is 0 Å². The molecule has 10 heteroatoms. The number of benzene rings is 3. The molecular formula is C27H21ClN3NaO4S. The van der Waals surface area contributed by atoms with E-state index in [0.717, 1.165) is 27.4 Å². The van der Waals surface area contributed by atoms with Crippen LogP contribution in [0.3, 0.4) is 0 Å². The molecule has 37 heavy (non-hydrogen) atoms. The number of fused-ring (bicyclic) bond motifs is 2. The van der Waals surface area contributed by atoms with E-state index >= 15 is 0 Å². The smallest absolute Gasteiger partial charge is 0.545 e. The summed E-state index contributed by atoms with van der Waals surface area (Å²) in [5.74, 6) is -1.09. The molecule has 2 heterocycles. The quantitative estimate of drug-likeness (QED) is 0.303. The van der Waals surface area contributed by atoms with Crippen LogP contribution in [0.5, 0.6) is 0 Å². The summed E-state index contributed by atoms with van der Waals surface area (Å²) < 4.78 is 31.1. The molecule has 0 spiro atoms. The van der Waals surface area contributed by atoms with Crippen molar-refractivity contribution in [2.75, 3.05) is 4.31 Å². The van der Waals surface area contributed by atoms with Crippen LogP contribution in [0.4, 0.5) is 5.82 Å². The van der Waals surface area contributed by atoms with E-state index in [0.29, 0.717) is 16.4 Å². The van der Waals surface area contributed by atoms with Crippen molar-refractivity contribution in [3.8, 4) is 0 Å².